The highest BCUT2D eigenvalue weighted by Crippen LogP contribution is 2.49. The van der Waals surface area contributed by atoms with Crippen molar-refractivity contribution >= 4 is 43.6 Å². The Labute approximate surface area is 434 Å². The molecule has 0 aliphatic rings. The fourth-order valence-electron chi connectivity index (χ4n) is 11.1. The number of rotatable bonds is 7. The van der Waals surface area contributed by atoms with Crippen molar-refractivity contribution in [3.8, 4) is 73.1 Å². The molecule has 2 heterocycles. The zero-order valence-electron chi connectivity index (χ0n) is 41.7. The molecule has 0 unspecified atom stereocenters. The first-order valence-electron chi connectivity index (χ1n) is 24.8. The lowest BCUT2D eigenvalue weighted by molar-refractivity contribution is -0.142. The van der Waals surface area contributed by atoms with Crippen molar-refractivity contribution in [1.82, 2.24) is 9.13 Å². The van der Waals surface area contributed by atoms with E-state index in [1.165, 1.54) is 12.1 Å². The van der Waals surface area contributed by atoms with Crippen LogP contribution in [0.1, 0.15) is 38.9 Å². The maximum Gasteiger partial charge on any atom is 0.417 e. The molecule has 10 aromatic carbocycles. The molecule has 0 saturated carbocycles. The molecule has 0 N–H and O–H groups in total. The predicted molar refractivity (Wildman–Crippen MR) is 296 cm³/mol. The van der Waals surface area contributed by atoms with Crippen LogP contribution in [0.4, 0.5) is 26.3 Å². The van der Waals surface area contributed by atoms with Crippen molar-refractivity contribution in [2.45, 2.75) is 40.0 Å². The normalized spacial score (nSPS) is 12.1. The van der Waals surface area contributed by atoms with Gasteiger partial charge in [0.1, 0.15) is 0 Å². The molecule has 0 spiro atoms. The van der Waals surface area contributed by atoms with Crippen molar-refractivity contribution in [2.75, 3.05) is 0 Å². The molecular weight excluding hydrogens is 961 g/mol. The van der Waals surface area contributed by atoms with Crippen LogP contribution in [0.3, 0.4) is 0 Å². The van der Waals surface area contributed by atoms with E-state index in [0.717, 1.165) is 94.4 Å². The fraction of sp³-hybridized carbons (Fsp3) is 0.0896. The summed E-state index contributed by atoms with van der Waals surface area (Å²) in [4.78, 5) is 0. The first-order valence-corrected chi connectivity index (χ1v) is 24.8. The van der Waals surface area contributed by atoms with Gasteiger partial charge in [0.25, 0.3) is 0 Å². The van der Waals surface area contributed by atoms with Gasteiger partial charge >= 0.3 is 12.4 Å². The van der Waals surface area contributed by atoms with Gasteiger partial charge in [-0.2, -0.15) is 31.6 Å². The minimum absolute atomic E-state index is 0.252. The second-order valence-electron chi connectivity index (χ2n) is 19.8. The molecule has 0 radical (unpaired) electrons. The van der Waals surface area contributed by atoms with Gasteiger partial charge in [-0.3, -0.25) is 0 Å². The average Bonchev–Trinajstić information content (AvgIpc) is 4.10. The van der Waals surface area contributed by atoms with E-state index in [1.807, 2.05) is 146 Å². The fourth-order valence-corrected chi connectivity index (χ4v) is 11.1. The molecule has 12 aromatic rings. The summed E-state index contributed by atoms with van der Waals surface area (Å²) in [6.07, 6.45) is -10.5. The van der Waals surface area contributed by atoms with Gasteiger partial charge in [0.2, 0.25) is 0 Å². The van der Waals surface area contributed by atoms with E-state index in [4.69, 9.17) is 0 Å². The first kappa shape index (κ1) is 47.8. The topological polar surface area (TPSA) is 33.6 Å². The molecule has 0 atom stereocenters. The third-order valence-corrected chi connectivity index (χ3v) is 14.6. The second-order valence-corrected chi connectivity index (χ2v) is 19.8. The molecule has 0 aliphatic carbocycles. The van der Waals surface area contributed by atoms with Crippen molar-refractivity contribution in [1.29, 1.82) is 5.26 Å². The summed E-state index contributed by atoms with van der Waals surface area (Å²) in [5, 5.41) is 14.6. The van der Waals surface area contributed by atoms with E-state index in [1.54, 1.807) is 0 Å². The summed E-state index contributed by atoms with van der Waals surface area (Å²) in [5.74, 6) is 0. The maximum absolute atomic E-state index is 15.4. The number of alkyl halides is 6. The van der Waals surface area contributed by atoms with Crippen LogP contribution in [0.25, 0.3) is 111 Å². The van der Waals surface area contributed by atoms with Gasteiger partial charge in [0.15, 0.2) is 0 Å². The molecule has 0 fully saturated rings. The van der Waals surface area contributed by atoms with E-state index in [2.05, 4.69) is 66.7 Å². The van der Waals surface area contributed by atoms with E-state index in [9.17, 15) is 5.26 Å². The number of hydrogen-bond donors (Lipinski definition) is 0. The third kappa shape index (κ3) is 8.27. The first-order chi connectivity index (χ1) is 36.5. The van der Waals surface area contributed by atoms with Gasteiger partial charge in [-0.1, -0.05) is 174 Å². The van der Waals surface area contributed by atoms with Gasteiger partial charge in [-0.15, -0.1) is 0 Å². The minimum atomic E-state index is -5.23. The standard InChI is InChI=1S/C67H45F6N3/c1-39-10-5-14-43(28-39)47-20-24-52-53-25-21-48(44-15-6-11-40(2)29-44)33-60(53)75(59(52)32-47)63-36-51(38-74)56(65-57(66(68,69)70)18-9-19-58(65)67(71,72)73)37-64(63)76-61-34-49(45-16-7-12-41(3)30-45)22-26-54(61)55-27-23-50(35-62(55)76)46-17-8-13-42(4)31-46/h5-37H,1-4H3. The minimum Gasteiger partial charge on any atom is -0.307 e. The Morgan fingerprint density at radius 1 is 0.342 bits per heavy atom. The zero-order valence-corrected chi connectivity index (χ0v) is 41.7. The van der Waals surface area contributed by atoms with Crippen LogP contribution in [-0.4, -0.2) is 9.13 Å². The summed E-state index contributed by atoms with van der Waals surface area (Å²) in [6.45, 7) is 8.05. The Kier molecular flexibility index (Phi) is 11.4. The van der Waals surface area contributed by atoms with Crippen molar-refractivity contribution in [3.05, 3.63) is 239 Å². The van der Waals surface area contributed by atoms with Gasteiger partial charge in [-0.25, -0.2) is 0 Å². The largest absolute Gasteiger partial charge is 0.417 e. The Morgan fingerprint density at radius 3 is 0.921 bits per heavy atom. The summed E-state index contributed by atoms with van der Waals surface area (Å²) in [5.41, 5.74) is 9.67. The van der Waals surface area contributed by atoms with Gasteiger partial charge in [0.05, 0.1) is 56.2 Å². The van der Waals surface area contributed by atoms with Crippen LogP contribution in [0.5, 0.6) is 0 Å². The van der Waals surface area contributed by atoms with Gasteiger partial charge in [-0.05, 0) is 121 Å². The summed E-state index contributed by atoms with van der Waals surface area (Å²) >= 11 is 0. The van der Waals surface area contributed by atoms with Crippen LogP contribution in [0, 0.1) is 39.0 Å². The molecule has 0 bridgehead atoms. The summed E-state index contributed by atoms with van der Waals surface area (Å²) in [7, 11) is 0. The molecular formula is C67H45F6N3. The smallest absolute Gasteiger partial charge is 0.307 e. The van der Waals surface area contributed by atoms with Crippen LogP contribution in [0.2, 0.25) is 0 Å². The Morgan fingerprint density at radius 2 is 0.632 bits per heavy atom. The molecule has 2 aromatic heterocycles. The number of nitriles is 1. The highest BCUT2D eigenvalue weighted by molar-refractivity contribution is 6.14. The highest BCUT2D eigenvalue weighted by Gasteiger charge is 2.42. The molecule has 0 aliphatic heterocycles. The Bertz CT molecular complexity index is 4150. The molecule has 76 heavy (non-hydrogen) atoms. The second kappa shape index (κ2) is 18.1. The lowest BCUT2D eigenvalue weighted by atomic mass is 9.89. The van der Waals surface area contributed by atoms with Crippen LogP contribution < -0.4 is 0 Å². The van der Waals surface area contributed by atoms with Crippen LogP contribution in [0.15, 0.2) is 200 Å². The quantitative estimate of drug-likeness (QED) is 0.147. The Hall–Kier alpha value is -9.13. The van der Waals surface area contributed by atoms with E-state index >= 15 is 26.3 Å². The van der Waals surface area contributed by atoms with E-state index < -0.39 is 34.6 Å². The molecule has 0 saturated heterocycles. The van der Waals surface area contributed by atoms with Crippen molar-refractivity contribution in [2.24, 2.45) is 0 Å². The monoisotopic (exact) mass is 1010 g/mol. The predicted octanol–water partition coefficient (Wildman–Crippen LogP) is 19.4. The van der Waals surface area contributed by atoms with E-state index in [0.29, 0.717) is 39.9 Å². The summed E-state index contributed by atoms with van der Waals surface area (Å²) in [6, 6.07) is 63.8. The number of aryl methyl sites for hydroxylation is 4. The van der Waals surface area contributed by atoms with Crippen molar-refractivity contribution < 1.29 is 26.3 Å². The highest BCUT2D eigenvalue weighted by atomic mass is 19.4. The molecule has 0 amide bonds. The van der Waals surface area contributed by atoms with E-state index in [-0.39, 0.29) is 11.3 Å². The number of halogens is 6. The molecule has 370 valence electrons. The average molecular weight is 1010 g/mol. The number of fused-ring (bicyclic) bond motifs is 6. The van der Waals surface area contributed by atoms with Crippen LogP contribution in [-0.2, 0) is 12.4 Å². The maximum atomic E-state index is 15.4. The number of benzene rings is 10. The third-order valence-electron chi connectivity index (χ3n) is 14.6. The SMILES string of the molecule is Cc1cccc(-c2ccc3c4ccc(-c5cccc(C)c5)cc4n(-c4cc(C#N)c(-c5c(C(F)(F)F)cccc5C(F)(F)F)cc4-n4c5cc(-c6cccc(C)c6)ccc5c5ccc(-c6cccc(C)c6)cc54)c3c2)c1. The molecule has 3 nitrogen and oxygen atoms in total. The zero-order chi connectivity index (χ0) is 52.8. The lowest BCUT2D eigenvalue weighted by Crippen LogP contribution is -2.15. The summed E-state index contributed by atoms with van der Waals surface area (Å²) < 4.78 is 96.3. The van der Waals surface area contributed by atoms with Gasteiger partial charge in [0, 0.05) is 32.7 Å². The van der Waals surface area contributed by atoms with Crippen LogP contribution >= 0.6 is 0 Å². The molecule has 9 heteroatoms. The Balaban J connectivity index is 1.30. The van der Waals surface area contributed by atoms with Crippen molar-refractivity contribution in [3.63, 3.8) is 0 Å². The molecule has 12 rings (SSSR count). The number of nitrogens with zero attached hydrogens (tertiary/aromatic N) is 3. The number of aromatic nitrogens is 2. The van der Waals surface area contributed by atoms with Gasteiger partial charge < -0.3 is 9.13 Å². The lowest BCUT2D eigenvalue weighted by Gasteiger charge is -2.23. The number of hydrogen-bond acceptors (Lipinski definition) is 1.